The lowest BCUT2D eigenvalue weighted by atomic mass is 10.1. The number of hydrogen-bond donors (Lipinski definition) is 2. The van der Waals surface area contributed by atoms with Crippen LogP contribution < -0.4 is 0 Å². The van der Waals surface area contributed by atoms with Crippen LogP contribution in [0.25, 0.3) is 0 Å². The molecule has 0 spiro atoms. The van der Waals surface area contributed by atoms with Gasteiger partial charge in [0.05, 0.1) is 12.2 Å². The highest BCUT2D eigenvalue weighted by Gasteiger charge is 2.10. The number of alkyl halides is 2. The van der Waals surface area contributed by atoms with E-state index in [1.165, 1.54) is 0 Å². The van der Waals surface area contributed by atoms with E-state index in [1.54, 1.807) is 0 Å². The summed E-state index contributed by atoms with van der Waals surface area (Å²) in [5, 5.41) is 18.3. The van der Waals surface area contributed by atoms with Crippen LogP contribution in [0, 0.1) is 0 Å². The minimum Gasteiger partial charge on any atom is -0.393 e. The fourth-order valence-electron chi connectivity index (χ4n) is 0.802. The summed E-state index contributed by atoms with van der Waals surface area (Å²) in [6.07, 6.45) is 0.442. The number of aliphatic hydroxyl groups excluding tert-OH is 2. The topological polar surface area (TPSA) is 40.5 Å². The lowest BCUT2D eigenvalue weighted by Gasteiger charge is -2.12. The molecular weight excluding hydrogens is 187 g/mol. The van der Waals surface area contributed by atoms with Gasteiger partial charge in [-0.25, -0.2) is 0 Å². The van der Waals surface area contributed by atoms with E-state index in [2.05, 4.69) is 0 Å². The lowest BCUT2D eigenvalue weighted by molar-refractivity contribution is 0.0774. The number of halogens is 2. The first kappa shape index (κ1) is 11.5. The highest BCUT2D eigenvalue weighted by atomic mass is 35.5. The van der Waals surface area contributed by atoms with Gasteiger partial charge in [0, 0.05) is 11.8 Å². The van der Waals surface area contributed by atoms with Gasteiger partial charge in [-0.3, -0.25) is 0 Å². The summed E-state index contributed by atoms with van der Waals surface area (Å²) in [6, 6.07) is 0. The molecule has 0 aromatic heterocycles. The minimum atomic E-state index is -0.495. The summed E-state index contributed by atoms with van der Waals surface area (Å²) >= 11 is 10.8. The molecule has 0 fully saturated rings. The highest BCUT2D eigenvalue weighted by molar-refractivity contribution is 6.18. The third-order valence-electron chi connectivity index (χ3n) is 1.43. The maximum Gasteiger partial charge on any atom is 0.0576 e. The van der Waals surface area contributed by atoms with Gasteiger partial charge >= 0.3 is 0 Å². The predicted molar refractivity (Wildman–Crippen MR) is 47.3 cm³/mol. The molecule has 0 saturated carbocycles. The largest absolute Gasteiger partial charge is 0.393 e. The van der Waals surface area contributed by atoms with Crippen molar-refractivity contribution in [3.8, 4) is 0 Å². The molecule has 0 aromatic carbocycles. The first-order chi connectivity index (χ1) is 5.20. The molecule has 0 heterocycles. The fraction of sp³-hybridized carbons (Fsp3) is 1.00. The quantitative estimate of drug-likeness (QED) is 0.637. The molecule has 0 saturated heterocycles. The standard InChI is InChI=1S/C7H14Cl2O2/c8-3-1-6(10)5-7(11)2-4-9/h6-7,10-11H,1-5H2. The summed E-state index contributed by atoms with van der Waals surface area (Å²) in [5.74, 6) is 0.851. The molecular formula is C7H14Cl2O2. The van der Waals surface area contributed by atoms with Crippen molar-refractivity contribution in [1.82, 2.24) is 0 Å². The second-order valence-corrected chi connectivity index (χ2v) is 3.25. The number of aliphatic hydroxyl groups is 2. The van der Waals surface area contributed by atoms with Crippen molar-refractivity contribution >= 4 is 23.2 Å². The van der Waals surface area contributed by atoms with Crippen molar-refractivity contribution in [2.75, 3.05) is 11.8 Å². The molecule has 0 aliphatic carbocycles. The van der Waals surface area contributed by atoms with Gasteiger partial charge in [-0.15, -0.1) is 23.2 Å². The maximum atomic E-state index is 9.16. The van der Waals surface area contributed by atoms with Crippen molar-refractivity contribution in [2.24, 2.45) is 0 Å². The van der Waals surface area contributed by atoms with E-state index in [1.807, 2.05) is 0 Å². The van der Waals surface area contributed by atoms with E-state index in [0.717, 1.165) is 0 Å². The Morgan fingerprint density at radius 1 is 0.909 bits per heavy atom. The molecule has 0 rings (SSSR count). The van der Waals surface area contributed by atoms with E-state index >= 15 is 0 Å². The average molecular weight is 201 g/mol. The second kappa shape index (κ2) is 7.17. The number of rotatable bonds is 6. The summed E-state index contributed by atoms with van der Waals surface area (Å²) in [6.45, 7) is 0. The molecule has 11 heavy (non-hydrogen) atoms. The molecule has 2 atom stereocenters. The Kier molecular flexibility index (Phi) is 7.49. The smallest absolute Gasteiger partial charge is 0.0576 e. The van der Waals surface area contributed by atoms with Gasteiger partial charge in [-0.05, 0) is 19.3 Å². The van der Waals surface area contributed by atoms with Crippen LogP contribution in [-0.4, -0.2) is 34.2 Å². The van der Waals surface area contributed by atoms with E-state index in [-0.39, 0.29) is 0 Å². The van der Waals surface area contributed by atoms with Crippen LogP contribution in [0.4, 0.5) is 0 Å². The molecule has 0 aromatic rings. The Morgan fingerprint density at radius 3 is 1.55 bits per heavy atom. The van der Waals surface area contributed by atoms with Crippen molar-refractivity contribution in [3.05, 3.63) is 0 Å². The second-order valence-electron chi connectivity index (χ2n) is 2.50. The summed E-state index contributed by atoms with van der Waals surface area (Å²) < 4.78 is 0. The van der Waals surface area contributed by atoms with Gasteiger partial charge in [0.25, 0.3) is 0 Å². The Morgan fingerprint density at radius 2 is 1.27 bits per heavy atom. The Bertz CT molecular complexity index is 80.5. The summed E-state index contributed by atoms with van der Waals surface area (Å²) in [7, 11) is 0. The molecule has 0 amide bonds. The molecule has 2 N–H and O–H groups in total. The Labute approximate surface area is 77.1 Å². The molecule has 68 valence electrons. The molecule has 2 unspecified atom stereocenters. The van der Waals surface area contributed by atoms with Crippen LogP contribution >= 0.6 is 23.2 Å². The van der Waals surface area contributed by atoms with Crippen LogP contribution in [0.5, 0.6) is 0 Å². The van der Waals surface area contributed by atoms with Gasteiger partial charge < -0.3 is 10.2 Å². The van der Waals surface area contributed by atoms with E-state index in [4.69, 9.17) is 33.4 Å². The third kappa shape index (κ3) is 6.88. The zero-order chi connectivity index (χ0) is 8.69. The number of hydrogen-bond acceptors (Lipinski definition) is 2. The van der Waals surface area contributed by atoms with E-state index < -0.39 is 12.2 Å². The molecule has 2 nitrogen and oxygen atoms in total. The normalized spacial score (nSPS) is 16.4. The van der Waals surface area contributed by atoms with Gasteiger partial charge in [-0.1, -0.05) is 0 Å². The Hall–Kier alpha value is 0.500. The van der Waals surface area contributed by atoms with E-state index in [0.29, 0.717) is 31.0 Å². The van der Waals surface area contributed by atoms with E-state index in [9.17, 15) is 0 Å². The predicted octanol–water partition coefficient (Wildman–Crippen LogP) is 1.36. The molecule has 0 aliphatic heterocycles. The first-order valence-electron chi connectivity index (χ1n) is 3.68. The lowest BCUT2D eigenvalue weighted by Crippen LogP contribution is -2.18. The Balaban J connectivity index is 3.32. The van der Waals surface area contributed by atoms with Crippen LogP contribution in [-0.2, 0) is 0 Å². The molecule has 0 radical (unpaired) electrons. The SMILES string of the molecule is OC(CCCl)CC(O)CCCl. The van der Waals surface area contributed by atoms with Gasteiger partial charge in [-0.2, -0.15) is 0 Å². The van der Waals surface area contributed by atoms with Crippen LogP contribution in [0.2, 0.25) is 0 Å². The third-order valence-corrected chi connectivity index (χ3v) is 1.87. The van der Waals surface area contributed by atoms with Crippen molar-refractivity contribution < 1.29 is 10.2 Å². The maximum absolute atomic E-state index is 9.16. The highest BCUT2D eigenvalue weighted by Crippen LogP contribution is 2.06. The van der Waals surface area contributed by atoms with Crippen LogP contribution in [0.1, 0.15) is 19.3 Å². The average Bonchev–Trinajstić information content (AvgIpc) is 1.87. The van der Waals surface area contributed by atoms with Gasteiger partial charge in [0.1, 0.15) is 0 Å². The minimum absolute atomic E-state index is 0.374. The zero-order valence-electron chi connectivity index (χ0n) is 6.34. The zero-order valence-corrected chi connectivity index (χ0v) is 7.85. The molecule has 4 heteroatoms. The van der Waals surface area contributed by atoms with Crippen molar-refractivity contribution in [3.63, 3.8) is 0 Å². The van der Waals surface area contributed by atoms with Crippen molar-refractivity contribution in [1.29, 1.82) is 0 Å². The monoisotopic (exact) mass is 200 g/mol. The van der Waals surface area contributed by atoms with Gasteiger partial charge in [0.2, 0.25) is 0 Å². The van der Waals surface area contributed by atoms with Crippen LogP contribution in [0.15, 0.2) is 0 Å². The molecule has 0 aliphatic rings. The fourth-order valence-corrected chi connectivity index (χ4v) is 1.31. The summed E-state index contributed by atoms with van der Waals surface area (Å²) in [4.78, 5) is 0. The van der Waals surface area contributed by atoms with Crippen LogP contribution in [0.3, 0.4) is 0 Å². The summed E-state index contributed by atoms with van der Waals surface area (Å²) in [5.41, 5.74) is 0. The molecule has 0 bridgehead atoms. The van der Waals surface area contributed by atoms with Crippen molar-refractivity contribution in [2.45, 2.75) is 31.5 Å². The van der Waals surface area contributed by atoms with Gasteiger partial charge in [0.15, 0.2) is 0 Å². The first-order valence-corrected chi connectivity index (χ1v) is 4.75.